The summed E-state index contributed by atoms with van der Waals surface area (Å²) in [5.74, 6) is 0.913. The van der Waals surface area contributed by atoms with E-state index in [-0.39, 0.29) is 0 Å². The molecule has 0 aliphatic heterocycles. The van der Waals surface area contributed by atoms with Gasteiger partial charge in [0, 0.05) is 25.0 Å². The lowest BCUT2D eigenvalue weighted by molar-refractivity contribution is 0.318. The van der Waals surface area contributed by atoms with Gasteiger partial charge in [-0.05, 0) is 32.2 Å². The van der Waals surface area contributed by atoms with E-state index < -0.39 is 0 Å². The van der Waals surface area contributed by atoms with E-state index in [9.17, 15) is 0 Å². The maximum atomic E-state index is 4.71. The SMILES string of the molecule is CCNCc1csc(N(CC)CC2CCC2)n1. The van der Waals surface area contributed by atoms with Crippen molar-refractivity contribution in [2.75, 3.05) is 24.5 Å². The Bertz CT molecular complexity index is 333. The molecule has 96 valence electrons. The van der Waals surface area contributed by atoms with Crippen LogP contribution in [0.5, 0.6) is 0 Å². The van der Waals surface area contributed by atoms with E-state index in [1.54, 1.807) is 11.3 Å². The Labute approximate surface area is 108 Å². The highest BCUT2D eigenvalue weighted by Crippen LogP contribution is 2.30. The number of thiazole rings is 1. The van der Waals surface area contributed by atoms with Crippen LogP contribution < -0.4 is 10.2 Å². The molecule has 1 saturated carbocycles. The van der Waals surface area contributed by atoms with E-state index in [0.29, 0.717) is 0 Å². The van der Waals surface area contributed by atoms with Crippen molar-refractivity contribution in [2.45, 2.75) is 39.7 Å². The molecular weight excluding hydrogens is 230 g/mol. The average Bonchev–Trinajstić information content (AvgIpc) is 2.74. The first-order chi connectivity index (χ1) is 8.33. The minimum absolute atomic E-state index is 0.897. The van der Waals surface area contributed by atoms with E-state index in [2.05, 4.69) is 29.4 Å². The van der Waals surface area contributed by atoms with E-state index in [1.165, 1.54) is 36.6 Å². The first-order valence-corrected chi connectivity index (χ1v) is 7.61. The van der Waals surface area contributed by atoms with Gasteiger partial charge in [-0.2, -0.15) is 0 Å². The molecule has 0 unspecified atom stereocenters. The number of nitrogens with one attached hydrogen (secondary N) is 1. The van der Waals surface area contributed by atoms with Gasteiger partial charge in [0.05, 0.1) is 5.69 Å². The van der Waals surface area contributed by atoms with Crippen LogP contribution in [-0.4, -0.2) is 24.6 Å². The molecule has 0 saturated heterocycles. The van der Waals surface area contributed by atoms with Crippen molar-refractivity contribution in [2.24, 2.45) is 5.92 Å². The predicted molar refractivity (Wildman–Crippen MR) is 74.7 cm³/mol. The topological polar surface area (TPSA) is 28.2 Å². The molecule has 1 heterocycles. The maximum absolute atomic E-state index is 4.71. The number of rotatable bonds is 7. The third-order valence-corrected chi connectivity index (χ3v) is 4.40. The monoisotopic (exact) mass is 253 g/mol. The lowest BCUT2D eigenvalue weighted by Gasteiger charge is -2.31. The van der Waals surface area contributed by atoms with Crippen molar-refractivity contribution < 1.29 is 0 Å². The second kappa shape index (κ2) is 6.36. The van der Waals surface area contributed by atoms with Crippen molar-refractivity contribution in [1.82, 2.24) is 10.3 Å². The second-order valence-corrected chi connectivity index (χ2v) is 5.57. The summed E-state index contributed by atoms with van der Waals surface area (Å²) in [4.78, 5) is 7.15. The van der Waals surface area contributed by atoms with Gasteiger partial charge in [-0.3, -0.25) is 0 Å². The molecule has 1 N–H and O–H groups in total. The van der Waals surface area contributed by atoms with Crippen LogP contribution in [0.2, 0.25) is 0 Å². The van der Waals surface area contributed by atoms with Crippen LogP contribution in [0.25, 0.3) is 0 Å². The molecule has 1 aromatic rings. The fourth-order valence-corrected chi connectivity index (χ4v) is 3.01. The Balaban J connectivity index is 1.90. The fourth-order valence-electron chi connectivity index (χ4n) is 2.11. The predicted octanol–water partition coefficient (Wildman–Crippen LogP) is 2.88. The van der Waals surface area contributed by atoms with Gasteiger partial charge >= 0.3 is 0 Å². The normalized spacial score (nSPS) is 15.9. The summed E-state index contributed by atoms with van der Waals surface area (Å²) in [6.45, 7) is 8.53. The Morgan fingerprint density at radius 3 is 2.88 bits per heavy atom. The highest BCUT2D eigenvalue weighted by Gasteiger charge is 2.21. The van der Waals surface area contributed by atoms with Gasteiger partial charge < -0.3 is 10.2 Å². The number of nitrogens with zero attached hydrogens (tertiary/aromatic N) is 2. The quantitative estimate of drug-likeness (QED) is 0.810. The molecule has 0 spiro atoms. The van der Waals surface area contributed by atoms with Crippen LogP contribution in [0, 0.1) is 5.92 Å². The minimum Gasteiger partial charge on any atom is -0.348 e. The van der Waals surface area contributed by atoms with Crippen LogP contribution in [-0.2, 0) is 6.54 Å². The van der Waals surface area contributed by atoms with Crippen molar-refractivity contribution in [3.63, 3.8) is 0 Å². The van der Waals surface area contributed by atoms with Crippen molar-refractivity contribution >= 4 is 16.5 Å². The van der Waals surface area contributed by atoms with Gasteiger partial charge in [-0.25, -0.2) is 4.98 Å². The largest absolute Gasteiger partial charge is 0.348 e. The Hall–Kier alpha value is -0.610. The van der Waals surface area contributed by atoms with E-state index in [4.69, 9.17) is 4.98 Å². The number of hydrogen-bond donors (Lipinski definition) is 1. The van der Waals surface area contributed by atoms with Crippen molar-refractivity contribution in [3.05, 3.63) is 11.1 Å². The molecule has 0 atom stereocenters. The number of hydrogen-bond acceptors (Lipinski definition) is 4. The average molecular weight is 253 g/mol. The zero-order valence-corrected chi connectivity index (χ0v) is 11.7. The van der Waals surface area contributed by atoms with Crippen molar-refractivity contribution in [3.8, 4) is 0 Å². The van der Waals surface area contributed by atoms with Crippen molar-refractivity contribution in [1.29, 1.82) is 0 Å². The molecule has 1 fully saturated rings. The Morgan fingerprint density at radius 1 is 1.47 bits per heavy atom. The third-order valence-electron chi connectivity index (χ3n) is 3.45. The van der Waals surface area contributed by atoms with Crippen LogP contribution in [0.3, 0.4) is 0 Å². The molecule has 0 amide bonds. The van der Waals surface area contributed by atoms with Gasteiger partial charge in [0.1, 0.15) is 0 Å². The van der Waals surface area contributed by atoms with Gasteiger partial charge in [0.2, 0.25) is 0 Å². The highest BCUT2D eigenvalue weighted by atomic mass is 32.1. The molecule has 17 heavy (non-hydrogen) atoms. The van der Waals surface area contributed by atoms with E-state index >= 15 is 0 Å². The van der Waals surface area contributed by atoms with Gasteiger partial charge in [0.15, 0.2) is 5.13 Å². The number of aromatic nitrogens is 1. The Kier molecular flexibility index (Phi) is 4.80. The van der Waals surface area contributed by atoms with Crippen LogP contribution in [0.1, 0.15) is 38.8 Å². The summed E-state index contributed by atoms with van der Waals surface area (Å²) in [6.07, 6.45) is 4.24. The first kappa shape index (κ1) is 12.8. The summed E-state index contributed by atoms with van der Waals surface area (Å²) in [6, 6.07) is 0. The van der Waals surface area contributed by atoms with E-state index in [0.717, 1.165) is 25.6 Å². The zero-order chi connectivity index (χ0) is 12.1. The van der Waals surface area contributed by atoms with Gasteiger partial charge in [-0.1, -0.05) is 13.3 Å². The highest BCUT2D eigenvalue weighted by molar-refractivity contribution is 7.13. The molecule has 1 aromatic heterocycles. The van der Waals surface area contributed by atoms with Crippen LogP contribution in [0.15, 0.2) is 5.38 Å². The zero-order valence-electron chi connectivity index (χ0n) is 10.9. The summed E-state index contributed by atoms with van der Waals surface area (Å²) in [5.41, 5.74) is 1.18. The first-order valence-electron chi connectivity index (χ1n) is 6.73. The summed E-state index contributed by atoms with van der Waals surface area (Å²) in [5, 5.41) is 6.71. The molecule has 3 nitrogen and oxygen atoms in total. The molecule has 2 rings (SSSR count). The molecule has 0 aromatic carbocycles. The smallest absolute Gasteiger partial charge is 0.185 e. The molecule has 1 aliphatic rings. The summed E-state index contributed by atoms with van der Waals surface area (Å²) < 4.78 is 0. The third kappa shape index (κ3) is 3.42. The minimum atomic E-state index is 0.897. The van der Waals surface area contributed by atoms with Gasteiger partial charge in [-0.15, -0.1) is 11.3 Å². The summed E-state index contributed by atoms with van der Waals surface area (Å²) >= 11 is 1.78. The van der Waals surface area contributed by atoms with Gasteiger partial charge in [0.25, 0.3) is 0 Å². The molecule has 0 bridgehead atoms. The maximum Gasteiger partial charge on any atom is 0.185 e. The van der Waals surface area contributed by atoms with Crippen LogP contribution in [0.4, 0.5) is 5.13 Å². The molecular formula is C13H23N3S. The number of anilines is 1. The molecule has 1 aliphatic carbocycles. The van der Waals surface area contributed by atoms with E-state index in [1.807, 2.05) is 0 Å². The fraction of sp³-hybridized carbons (Fsp3) is 0.769. The summed E-state index contributed by atoms with van der Waals surface area (Å²) in [7, 11) is 0. The lowest BCUT2D eigenvalue weighted by Crippen LogP contribution is -2.32. The molecule has 4 heteroatoms. The second-order valence-electron chi connectivity index (χ2n) is 4.74. The standard InChI is InChI=1S/C13H23N3S/c1-3-14-8-12-10-17-13(15-12)16(4-2)9-11-6-5-7-11/h10-11,14H,3-9H2,1-2H3. The Morgan fingerprint density at radius 2 is 2.29 bits per heavy atom. The molecule has 0 radical (unpaired) electrons. The lowest BCUT2D eigenvalue weighted by atomic mass is 9.85. The van der Waals surface area contributed by atoms with Crippen LogP contribution >= 0.6 is 11.3 Å².